The second kappa shape index (κ2) is 6.97. The van der Waals surface area contributed by atoms with Gasteiger partial charge >= 0.3 is 5.76 Å². The number of amides is 1. The van der Waals surface area contributed by atoms with Gasteiger partial charge in [0.25, 0.3) is 0 Å². The maximum absolute atomic E-state index is 12.1. The van der Waals surface area contributed by atoms with Crippen molar-refractivity contribution in [3.05, 3.63) is 75.0 Å². The van der Waals surface area contributed by atoms with E-state index >= 15 is 0 Å². The molecule has 0 fully saturated rings. The van der Waals surface area contributed by atoms with Gasteiger partial charge in [-0.1, -0.05) is 36.4 Å². The molecular formula is C19H15N3O3S. The van der Waals surface area contributed by atoms with Gasteiger partial charge in [-0.2, -0.15) is 0 Å². The van der Waals surface area contributed by atoms with Gasteiger partial charge in [-0.25, -0.2) is 9.78 Å². The van der Waals surface area contributed by atoms with Crippen molar-refractivity contribution in [3.63, 3.8) is 0 Å². The molecule has 2 aromatic heterocycles. The fraction of sp³-hybridized carbons (Fsp3) is 0.105. The van der Waals surface area contributed by atoms with Crippen LogP contribution in [-0.4, -0.2) is 15.9 Å². The topological polar surface area (TPSA) is 88.0 Å². The van der Waals surface area contributed by atoms with Crippen LogP contribution in [0.3, 0.4) is 0 Å². The van der Waals surface area contributed by atoms with E-state index in [0.29, 0.717) is 17.6 Å². The van der Waals surface area contributed by atoms with Crippen LogP contribution in [0.1, 0.15) is 10.6 Å². The van der Waals surface area contributed by atoms with Crippen molar-refractivity contribution in [2.45, 2.75) is 13.0 Å². The van der Waals surface area contributed by atoms with Crippen molar-refractivity contribution in [3.8, 4) is 11.3 Å². The van der Waals surface area contributed by atoms with E-state index < -0.39 is 5.76 Å². The van der Waals surface area contributed by atoms with Gasteiger partial charge in [-0.3, -0.25) is 9.78 Å². The van der Waals surface area contributed by atoms with Crippen LogP contribution in [-0.2, 0) is 17.8 Å². The number of benzene rings is 2. The summed E-state index contributed by atoms with van der Waals surface area (Å²) in [5.74, 6) is -0.548. The number of rotatable bonds is 5. The van der Waals surface area contributed by atoms with Crippen LogP contribution >= 0.6 is 11.3 Å². The van der Waals surface area contributed by atoms with Gasteiger partial charge in [0.15, 0.2) is 5.58 Å². The van der Waals surface area contributed by atoms with E-state index in [1.54, 1.807) is 12.1 Å². The standard InChI is InChI=1S/C19H15N3O3S/c23-17(20-10-12-4-2-1-3-5-12)9-18-21-15(11-26-18)13-6-7-14-16(8-13)25-19(24)22-14/h1-8,11H,9-10H2,(H,20,23)(H,22,24). The monoisotopic (exact) mass is 365 g/mol. The first-order chi connectivity index (χ1) is 12.7. The lowest BCUT2D eigenvalue weighted by Gasteiger charge is -2.03. The van der Waals surface area contributed by atoms with Gasteiger partial charge in [-0.05, 0) is 17.7 Å². The summed E-state index contributed by atoms with van der Waals surface area (Å²) in [6, 6.07) is 15.2. The van der Waals surface area contributed by atoms with Crippen LogP contribution in [0.25, 0.3) is 22.4 Å². The minimum absolute atomic E-state index is 0.0677. The molecule has 6 nitrogen and oxygen atoms in total. The number of aromatic nitrogens is 2. The molecule has 1 amide bonds. The molecule has 0 spiro atoms. The molecule has 0 unspecified atom stereocenters. The summed E-state index contributed by atoms with van der Waals surface area (Å²) in [4.78, 5) is 30.5. The molecule has 26 heavy (non-hydrogen) atoms. The average molecular weight is 365 g/mol. The third-order valence-electron chi connectivity index (χ3n) is 3.91. The third-order valence-corrected chi connectivity index (χ3v) is 4.76. The molecule has 0 aliphatic heterocycles. The van der Waals surface area contributed by atoms with E-state index in [2.05, 4.69) is 15.3 Å². The van der Waals surface area contributed by atoms with E-state index in [1.165, 1.54) is 11.3 Å². The normalized spacial score (nSPS) is 10.9. The summed E-state index contributed by atoms with van der Waals surface area (Å²) in [6.07, 6.45) is 0.235. The highest BCUT2D eigenvalue weighted by molar-refractivity contribution is 7.10. The number of H-pyrrole nitrogens is 1. The summed E-state index contributed by atoms with van der Waals surface area (Å²) in [7, 11) is 0. The number of carbonyl (C=O) groups is 1. The molecular weight excluding hydrogens is 350 g/mol. The molecule has 2 N–H and O–H groups in total. The lowest BCUT2D eigenvalue weighted by atomic mass is 10.1. The molecule has 0 aliphatic carbocycles. The molecule has 0 saturated heterocycles. The zero-order valence-electron chi connectivity index (χ0n) is 13.7. The molecule has 2 heterocycles. The van der Waals surface area contributed by atoms with Gasteiger partial charge in [0.2, 0.25) is 5.91 Å². The highest BCUT2D eigenvalue weighted by Crippen LogP contribution is 2.25. The predicted octanol–water partition coefficient (Wildman–Crippen LogP) is 3.10. The van der Waals surface area contributed by atoms with E-state index in [4.69, 9.17) is 4.42 Å². The number of carbonyl (C=O) groups excluding carboxylic acids is 1. The summed E-state index contributed by atoms with van der Waals surface area (Å²) in [5, 5.41) is 5.53. The first kappa shape index (κ1) is 16.3. The van der Waals surface area contributed by atoms with Crippen molar-refractivity contribution >= 4 is 28.3 Å². The predicted molar refractivity (Wildman–Crippen MR) is 99.9 cm³/mol. The van der Waals surface area contributed by atoms with Crippen molar-refractivity contribution in [2.24, 2.45) is 0 Å². The van der Waals surface area contributed by atoms with Gasteiger partial charge in [-0.15, -0.1) is 11.3 Å². The van der Waals surface area contributed by atoms with Gasteiger partial charge in [0.05, 0.1) is 17.6 Å². The summed E-state index contributed by atoms with van der Waals surface area (Å²) in [6.45, 7) is 0.501. The SMILES string of the molecule is O=C(Cc1nc(-c2ccc3[nH]c(=O)oc3c2)cs1)NCc1ccccc1. The number of fused-ring (bicyclic) bond motifs is 1. The molecule has 0 saturated carbocycles. The number of nitrogens with one attached hydrogen (secondary N) is 2. The zero-order valence-corrected chi connectivity index (χ0v) is 14.5. The van der Waals surface area contributed by atoms with E-state index in [9.17, 15) is 9.59 Å². The van der Waals surface area contributed by atoms with Crippen LogP contribution in [0.15, 0.2) is 63.1 Å². The number of hydrogen-bond donors (Lipinski definition) is 2. The number of aromatic amines is 1. The maximum atomic E-state index is 12.1. The molecule has 0 bridgehead atoms. The molecule has 2 aromatic carbocycles. The third kappa shape index (κ3) is 3.57. The first-order valence-corrected chi connectivity index (χ1v) is 8.93. The molecule has 4 rings (SSSR count). The molecule has 7 heteroatoms. The number of nitrogens with zero attached hydrogens (tertiary/aromatic N) is 1. The van der Waals surface area contributed by atoms with E-state index in [-0.39, 0.29) is 12.3 Å². The number of thiazole rings is 1. The Morgan fingerprint density at radius 2 is 2.04 bits per heavy atom. The summed E-state index contributed by atoms with van der Waals surface area (Å²) >= 11 is 1.43. The highest BCUT2D eigenvalue weighted by atomic mass is 32.1. The quantitative estimate of drug-likeness (QED) is 0.569. The molecule has 130 valence electrons. The lowest BCUT2D eigenvalue weighted by Crippen LogP contribution is -2.24. The summed E-state index contributed by atoms with van der Waals surface area (Å²) < 4.78 is 5.08. The minimum Gasteiger partial charge on any atom is -0.408 e. The smallest absolute Gasteiger partial charge is 0.408 e. The Hall–Kier alpha value is -3.19. The first-order valence-electron chi connectivity index (χ1n) is 8.06. The summed E-state index contributed by atoms with van der Waals surface area (Å²) in [5.41, 5.74) is 3.79. The Morgan fingerprint density at radius 1 is 1.19 bits per heavy atom. The average Bonchev–Trinajstić information content (AvgIpc) is 3.25. The van der Waals surface area contributed by atoms with Gasteiger partial charge in [0.1, 0.15) is 5.01 Å². The second-order valence-electron chi connectivity index (χ2n) is 5.79. The molecule has 4 aromatic rings. The number of oxazole rings is 1. The van der Waals surface area contributed by atoms with Crippen LogP contribution in [0.5, 0.6) is 0 Å². The van der Waals surface area contributed by atoms with E-state index in [0.717, 1.165) is 21.8 Å². The second-order valence-corrected chi connectivity index (χ2v) is 6.73. The minimum atomic E-state index is -0.480. The van der Waals surface area contributed by atoms with Crippen molar-refractivity contribution in [1.82, 2.24) is 15.3 Å². The number of hydrogen-bond acceptors (Lipinski definition) is 5. The Balaban J connectivity index is 1.43. The van der Waals surface area contributed by atoms with Gasteiger partial charge in [0, 0.05) is 17.5 Å². The lowest BCUT2D eigenvalue weighted by molar-refractivity contribution is -0.120. The van der Waals surface area contributed by atoms with Crippen molar-refractivity contribution in [1.29, 1.82) is 0 Å². The fourth-order valence-corrected chi connectivity index (χ4v) is 3.43. The van der Waals surface area contributed by atoms with Crippen molar-refractivity contribution in [2.75, 3.05) is 0 Å². The van der Waals surface area contributed by atoms with Crippen LogP contribution in [0.2, 0.25) is 0 Å². The fourth-order valence-electron chi connectivity index (χ4n) is 2.63. The van der Waals surface area contributed by atoms with Crippen LogP contribution < -0.4 is 11.1 Å². The van der Waals surface area contributed by atoms with Crippen LogP contribution in [0, 0.1) is 0 Å². The van der Waals surface area contributed by atoms with Crippen LogP contribution in [0.4, 0.5) is 0 Å². The Morgan fingerprint density at radius 3 is 2.88 bits per heavy atom. The zero-order chi connectivity index (χ0) is 17.9. The highest BCUT2D eigenvalue weighted by Gasteiger charge is 2.11. The molecule has 0 aliphatic rings. The Bertz CT molecular complexity index is 1110. The van der Waals surface area contributed by atoms with Crippen molar-refractivity contribution < 1.29 is 9.21 Å². The Labute approximate surface area is 152 Å². The van der Waals surface area contributed by atoms with E-state index in [1.807, 2.05) is 41.8 Å². The largest absolute Gasteiger partial charge is 0.417 e. The maximum Gasteiger partial charge on any atom is 0.417 e. The Kier molecular flexibility index (Phi) is 4.37. The van der Waals surface area contributed by atoms with Gasteiger partial charge < -0.3 is 9.73 Å². The molecule has 0 radical (unpaired) electrons. The molecule has 0 atom stereocenters.